The van der Waals surface area contributed by atoms with Gasteiger partial charge in [0.2, 0.25) is 5.91 Å². The molecule has 3 nitrogen and oxygen atoms in total. The van der Waals surface area contributed by atoms with E-state index < -0.39 is 0 Å². The molecule has 1 fully saturated rings. The summed E-state index contributed by atoms with van der Waals surface area (Å²) in [5, 5.41) is 4.23. The number of hydrogen-bond donors (Lipinski definition) is 2. The number of nitrogens with one attached hydrogen (secondary N) is 1. The zero-order valence-electron chi connectivity index (χ0n) is 11.8. The van der Waals surface area contributed by atoms with Gasteiger partial charge in [-0.05, 0) is 43.5 Å². The summed E-state index contributed by atoms with van der Waals surface area (Å²) in [6.07, 6.45) is 7.23. The van der Waals surface area contributed by atoms with Crippen LogP contribution in [0.15, 0.2) is 24.3 Å². The number of hydrogen-bond acceptors (Lipinski definition) is 2. The molecule has 0 unspecified atom stereocenters. The quantitative estimate of drug-likeness (QED) is 0.846. The van der Waals surface area contributed by atoms with Crippen LogP contribution in [0.3, 0.4) is 0 Å². The van der Waals surface area contributed by atoms with Crippen LogP contribution in [-0.2, 0) is 4.79 Å². The summed E-state index contributed by atoms with van der Waals surface area (Å²) in [6.45, 7) is 0.834. The molecule has 1 aliphatic rings. The fourth-order valence-electron chi connectivity index (χ4n) is 2.91. The molecule has 1 amide bonds. The summed E-state index contributed by atoms with van der Waals surface area (Å²) in [4.78, 5) is 11.6. The van der Waals surface area contributed by atoms with Gasteiger partial charge in [-0.2, -0.15) is 0 Å². The lowest BCUT2D eigenvalue weighted by molar-refractivity contribution is -0.119. The molecule has 0 radical (unpaired) electrons. The van der Waals surface area contributed by atoms with Gasteiger partial charge in [0, 0.05) is 11.1 Å². The first-order chi connectivity index (χ1) is 9.66. The van der Waals surface area contributed by atoms with E-state index in [0.29, 0.717) is 11.1 Å². The van der Waals surface area contributed by atoms with Crippen LogP contribution in [0.25, 0.3) is 0 Å². The number of halogens is 1. The van der Waals surface area contributed by atoms with E-state index in [9.17, 15) is 4.79 Å². The Hall–Kier alpha value is -1.06. The maximum atomic E-state index is 11.6. The summed E-state index contributed by atoms with van der Waals surface area (Å²) in [5.41, 5.74) is 6.48. The Bertz CT molecular complexity index is 427. The number of benzene rings is 1. The van der Waals surface area contributed by atoms with Gasteiger partial charge in [-0.3, -0.25) is 4.79 Å². The van der Waals surface area contributed by atoms with E-state index in [1.165, 1.54) is 32.1 Å². The number of nitrogens with two attached hydrogens (primary N) is 1. The van der Waals surface area contributed by atoms with Gasteiger partial charge >= 0.3 is 0 Å². The second kappa shape index (κ2) is 7.65. The van der Waals surface area contributed by atoms with Crippen molar-refractivity contribution in [3.63, 3.8) is 0 Å². The topological polar surface area (TPSA) is 55.1 Å². The summed E-state index contributed by atoms with van der Waals surface area (Å²) in [6, 6.07) is 8.00. The first kappa shape index (κ1) is 15.3. The lowest BCUT2D eigenvalue weighted by atomic mass is 9.93. The van der Waals surface area contributed by atoms with Gasteiger partial charge in [-0.1, -0.05) is 43.0 Å². The number of carbonyl (C=O) groups excluding carboxylic acids is 1. The second-order valence-electron chi connectivity index (χ2n) is 5.58. The minimum absolute atomic E-state index is 0.233. The molecule has 2 rings (SSSR count). The number of amides is 1. The molecule has 1 aliphatic carbocycles. The number of primary amides is 1. The third kappa shape index (κ3) is 4.50. The van der Waals surface area contributed by atoms with Crippen molar-refractivity contribution in [3.8, 4) is 0 Å². The standard InChI is InChI=1S/C16H23ClN2O/c17-13-8-6-12(7-9-13)15(16(18)20)10-11-19-14-4-2-1-3-5-14/h6-9,14-15,19H,1-5,10-11H2,(H2,18,20)/t15-/m1/s1. The summed E-state index contributed by atoms with van der Waals surface area (Å²) < 4.78 is 0. The molecule has 20 heavy (non-hydrogen) atoms. The average molecular weight is 295 g/mol. The fraction of sp³-hybridized carbons (Fsp3) is 0.562. The van der Waals surface area contributed by atoms with Crippen molar-refractivity contribution in [2.24, 2.45) is 5.73 Å². The van der Waals surface area contributed by atoms with Crippen LogP contribution >= 0.6 is 11.6 Å². The van der Waals surface area contributed by atoms with Crippen LogP contribution in [0.5, 0.6) is 0 Å². The minimum atomic E-state index is -0.266. The monoisotopic (exact) mass is 294 g/mol. The molecule has 0 spiro atoms. The van der Waals surface area contributed by atoms with Crippen LogP contribution < -0.4 is 11.1 Å². The van der Waals surface area contributed by atoms with Gasteiger partial charge in [-0.15, -0.1) is 0 Å². The molecule has 0 aromatic heterocycles. The predicted octanol–water partition coefficient (Wildman–Crippen LogP) is 3.22. The van der Waals surface area contributed by atoms with Crippen molar-refractivity contribution in [3.05, 3.63) is 34.9 Å². The largest absolute Gasteiger partial charge is 0.369 e. The van der Waals surface area contributed by atoms with Gasteiger partial charge in [0.05, 0.1) is 5.92 Å². The molecule has 1 saturated carbocycles. The molecule has 3 N–H and O–H groups in total. The molecule has 110 valence electrons. The molecule has 1 atom stereocenters. The van der Waals surface area contributed by atoms with Gasteiger partial charge in [0.25, 0.3) is 0 Å². The smallest absolute Gasteiger partial charge is 0.225 e. The molecular formula is C16H23ClN2O. The Labute approximate surface area is 125 Å². The second-order valence-corrected chi connectivity index (χ2v) is 6.02. The molecule has 1 aromatic carbocycles. The van der Waals surface area contributed by atoms with E-state index in [4.69, 9.17) is 17.3 Å². The molecule has 0 saturated heterocycles. The van der Waals surface area contributed by atoms with E-state index in [-0.39, 0.29) is 11.8 Å². The molecule has 1 aromatic rings. The maximum absolute atomic E-state index is 11.6. The lowest BCUT2D eigenvalue weighted by Crippen LogP contribution is -2.33. The SMILES string of the molecule is NC(=O)[C@H](CCNC1CCCCC1)c1ccc(Cl)cc1. The average Bonchev–Trinajstić information content (AvgIpc) is 2.46. The van der Waals surface area contributed by atoms with Gasteiger partial charge in [0.15, 0.2) is 0 Å². The molecule has 0 heterocycles. The summed E-state index contributed by atoms with van der Waals surface area (Å²) in [7, 11) is 0. The highest BCUT2D eigenvalue weighted by atomic mass is 35.5. The minimum Gasteiger partial charge on any atom is -0.369 e. The van der Waals surface area contributed by atoms with Crippen LogP contribution in [0.2, 0.25) is 5.02 Å². The fourth-order valence-corrected chi connectivity index (χ4v) is 3.03. The van der Waals surface area contributed by atoms with E-state index in [1.54, 1.807) is 12.1 Å². The summed E-state index contributed by atoms with van der Waals surface area (Å²) in [5.74, 6) is -0.499. The Kier molecular flexibility index (Phi) is 5.86. The Morgan fingerprint density at radius 3 is 2.50 bits per heavy atom. The van der Waals surface area contributed by atoms with E-state index in [2.05, 4.69) is 5.32 Å². The van der Waals surface area contributed by atoms with Crippen molar-refractivity contribution in [1.82, 2.24) is 5.32 Å². The normalized spacial score (nSPS) is 17.9. The predicted molar refractivity (Wildman–Crippen MR) is 82.9 cm³/mol. The van der Waals surface area contributed by atoms with E-state index >= 15 is 0 Å². The molecule has 0 aliphatic heterocycles. The van der Waals surface area contributed by atoms with Crippen molar-refractivity contribution in [2.75, 3.05) is 6.54 Å². The Morgan fingerprint density at radius 1 is 1.25 bits per heavy atom. The van der Waals surface area contributed by atoms with Crippen molar-refractivity contribution < 1.29 is 4.79 Å². The number of rotatable bonds is 6. The Morgan fingerprint density at radius 2 is 1.90 bits per heavy atom. The van der Waals surface area contributed by atoms with Crippen molar-refractivity contribution in [1.29, 1.82) is 0 Å². The highest BCUT2D eigenvalue weighted by Gasteiger charge is 2.19. The molecular weight excluding hydrogens is 272 g/mol. The zero-order valence-corrected chi connectivity index (χ0v) is 12.5. The van der Waals surface area contributed by atoms with Gasteiger partial charge in [0.1, 0.15) is 0 Å². The van der Waals surface area contributed by atoms with Crippen LogP contribution in [0.1, 0.15) is 50.0 Å². The third-order valence-electron chi connectivity index (χ3n) is 4.09. The van der Waals surface area contributed by atoms with Crippen LogP contribution in [0, 0.1) is 0 Å². The Balaban J connectivity index is 1.86. The van der Waals surface area contributed by atoms with E-state index in [0.717, 1.165) is 18.5 Å². The van der Waals surface area contributed by atoms with Crippen LogP contribution in [0.4, 0.5) is 0 Å². The summed E-state index contributed by atoms with van der Waals surface area (Å²) >= 11 is 5.87. The zero-order chi connectivity index (χ0) is 14.4. The third-order valence-corrected chi connectivity index (χ3v) is 4.34. The highest BCUT2D eigenvalue weighted by molar-refractivity contribution is 6.30. The first-order valence-electron chi connectivity index (χ1n) is 7.45. The number of carbonyl (C=O) groups is 1. The van der Waals surface area contributed by atoms with Crippen molar-refractivity contribution in [2.45, 2.75) is 50.5 Å². The molecule has 0 bridgehead atoms. The molecule has 4 heteroatoms. The van der Waals surface area contributed by atoms with Gasteiger partial charge in [-0.25, -0.2) is 0 Å². The first-order valence-corrected chi connectivity index (χ1v) is 7.83. The van der Waals surface area contributed by atoms with E-state index in [1.807, 2.05) is 12.1 Å². The maximum Gasteiger partial charge on any atom is 0.225 e. The van der Waals surface area contributed by atoms with Gasteiger partial charge < -0.3 is 11.1 Å². The highest BCUT2D eigenvalue weighted by Crippen LogP contribution is 2.22. The van der Waals surface area contributed by atoms with Crippen LogP contribution in [-0.4, -0.2) is 18.5 Å². The van der Waals surface area contributed by atoms with Crippen molar-refractivity contribution >= 4 is 17.5 Å². The lowest BCUT2D eigenvalue weighted by Gasteiger charge is -2.24.